The van der Waals surface area contributed by atoms with E-state index in [1.807, 2.05) is 23.6 Å². The Kier molecular flexibility index (Phi) is 4.26. The molecule has 6 nitrogen and oxygen atoms in total. The van der Waals surface area contributed by atoms with Crippen molar-refractivity contribution in [2.24, 2.45) is 0 Å². The van der Waals surface area contributed by atoms with Gasteiger partial charge in [-0.25, -0.2) is 0 Å². The number of aryl methyl sites for hydroxylation is 1. The van der Waals surface area contributed by atoms with Gasteiger partial charge in [0.05, 0.1) is 11.3 Å². The van der Waals surface area contributed by atoms with E-state index in [2.05, 4.69) is 10.1 Å². The van der Waals surface area contributed by atoms with Crippen LogP contribution in [-0.4, -0.2) is 22.2 Å². The van der Waals surface area contributed by atoms with Crippen LogP contribution >= 0.6 is 11.3 Å². The number of thiophene rings is 1. The number of carbonyl (C=O) groups is 1. The Morgan fingerprint density at radius 2 is 2.53 bits per heavy atom. The molecule has 19 heavy (non-hydrogen) atoms. The number of hydrogen-bond donors (Lipinski definition) is 0. The third-order valence-electron chi connectivity index (χ3n) is 2.24. The minimum atomic E-state index is -0.739. The van der Waals surface area contributed by atoms with E-state index in [4.69, 9.17) is 14.5 Å². The number of esters is 1. The Morgan fingerprint density at radius 1 is 1.68 bits per heavy atom. The zero-order valence-corrected chi connectivity index (χ0v) is 11.0. The molecule has 0 aliphatic heterocycles. The van der Waals surface area contributed by atoms with Gasteiger partial charge in [-0.15, -0.1) is 11.3 Å². The second-order valence-electron chi connectivity index (χ2n) is 3.75. The summed E-state index contributed by atoms with van der Waals surface area (Å²) in [6.07, 6.45) is -0.329. The third kappa shape index (κ3) is 3.63. The van der Waals surface area contributed by atoms with Crippen molar-refractivity contribution in [2.75, 3.05) is 0 Å². The molecule has 0 fully saturated rings. The predicted molar refractivity (Wildman–Crippen MR) is 67.1 cm³/mol. The van der Waals surface area contributed by atoms with Gasteiger partial charge in [0.1, 0.15) is 6.07 Å². The van der Waals surface area contributed by atoms with Gasteiger partial charge in [-0.1, -0.05) is 11.2 Å². The maximum absolute atomic E-state index is 11.4. The zero-order valence-electron chi connectivity index (χ0n) is 10.2. The average molecular weight is 277 g/mol. The molecular formula is C12H11N3O3S. The molecule has 2 heterocycles. The van der Waals surface area contributed by atoms with E-state index >= 15 is 0 Å². The van der Waals surface area contributed by atoms with Crippen LogP contribution < -0.4 is 0 Å². The molecule has 0 bridgehead atoms. The molecule has 0 unspecified atom stereocenters. The van der Waals surface area contributed by atoms with Crippen LogP contribution in [0.5, 0.6) is 0 Å². The van der Waals surface area contributed by atoms with E-state index in [9.17, 15) is 4.79 Å². The molecule has 98 valence electrons. The Morgan fingerprint density at radius 3 is 3.21 bits per heavy atom. The largest absolute Gasteiger partial charge is 0.447 e. The number of ether oxygens (including phenoxy) is 1. The SMILES string of the molecule is C[C@H](C#N)OC(=O)CCc1nc(-c2cccs2)no1. The van der Waals surface area contributed by atoms with Gasteiger partial charge in [0.15, 0.2) is 6.10 Å². The second kappa shape index (κ2) is 6.11. The number of hydrogen-bond acceptors (Lipinski definition) is 7. The zero-order chi connectivity index (χ0) is 13.7. The molecule has 0 N–H and O–H groups in total. The van der Waals surface area contributed by atoms with Crippen LogP contribution in [0.1, 0.15) is 19.2 Å². The summed E-state index contributed by atoms with van der Waals surface area (Å²) in [6, 6.07) is 5.61. The lowest BCUT2D eigenvalue weighted by Gasteiger charge is -2.03. The van der Waals surface area contributed by atoms with E-state index in [1.54, 1.807) is 0 Å². The first kappa shape index (κ1) is 13.2. The first-order valence-corrected chi connectivity index (χ1v) is 6.52. The fraction of sp³-hybridized carbons (Fsp3) is 0.333. The highest BCUT2D eigenvalue weighted by molar-refractivity contribution is 7.13. The van der Waals surface area contributed by atoms with E-state index in [1.165, 1.54) is 18.3 Å². The number of carbonyl (C=O) groups excluding carboxylic acids is 1. The quantitative estimate of drug-likeness (QED) is 0.778. The van der Waals surface area contributed by atoms with E-state index in [-0.39, 0.29) is 6.42 Å². The Labute approximate surface area is 113 Å². The fourth-order valence-corrected chi connectivity index (χ4v) is 2.00. The highest BCUT2D eigenvalue weighted by Crippen LogP contribution is 2.21. The minimum Gasteiger partial charge on any atom is -0.447 e. The normalized spacial score (nSPS) is 11.8. The molecule has 0 spiro atoms. The van der Waals surface area contributed by atoms with Crippen molar-refractivity contribution in [3.8, 4) is 16.8 Å². The summed E-state index contributed by atoms with van der Waals surface area (Å²) >= 11 is 1.51. The number of aromatic nitrogens is 2. The van der Waals surface area contributed by atoms with Gasteiger partial charge in [0, 0.05) is 6.42 Å². The highest BCUT2D eigenvalue weighted by Gasteiger charge is 2.13. The van der Waals surface area contributed by atoms with Crippen molar-refractivity contribution in [2.45, 2.75) is 25.9 Å². The summed E-state index contributed by atoms with van der Waals surface area (Å²) in [5, 5.41) is 14.3. The summed E-state index contributed by atoms with van der Waals surface area (Å²) in [5.74, 6) is 0.443. The van der Waals surface area contributed by atoms with Gasteiger partial charge >= 0.3 is 5.97 Å². The molecule has 0 saturated heterocycles. The molecule has 7 heteroatoms. The lowest BCUT2D eigenvalue weighted by Crippen LogP contribution is -2.13. The van der Waals surface area contributed by atoms with Crippen molar-refractivity contribution in [1.29, 1.82) is 5.26 Å². The first-order valence-electron chi connectivity index (χ1n) is 5.64. The van der Waals surface area contributed by atoms with Crippen LogP contribution in [0.15, 0.2) is 22.0 Å². The Hall–Kier alpha value is -2.20. The molecule has 0 aliphatic carbocycles. The van der Waals surface area contributed by atoms with Gasteiger partial charge in [-0.3, -0.25) is 4.79 Å². The monoisotopic (exact) mass is 277 g/mol. The second-order valence-corrected chi connectivity index (χ2v) is 4.70. The van der Waals surface area contributed by atoms with Crippen molar-refractivity contribution >= 4 is 17.3 Å². The molecule has 1 atom stereocenters. The van der Waals surface area contributed by atoms with E-state index < -0.39 is 12.1 Å². The van der Waals surface area contributed by atoms with Gasteiger partial charge in [-0.05, 0) is 18.4 Å². The van der Waals surface area contributed by atoms with Gasteiger partial charge in [-0.2, -0.15) is 10.2 Å². The number of rotatable bonds is 5. The third-order valence-corrected chi connectivity index (χ3v) is 3.11. The maximum atomic E-state index is 11.4. The average Bonchev–Trinajstić information content (AvgIpc) is 3.06. The molecular weight excluding hydrogens is 266 g/mol. The van der Waals surface area contributed by atoms with Crippen molar-refractivity contribution in [3.63, 3.8) is 0 Å². The molecule has 2 aromatic heterocycles. The van der Waals surface area contributed by atoms with E-state index in [0.717, 1.165) is 4.88 Å². The lowest BCUT2D eigenvalue weighted by atomic mass is 10.3. The smallest absolute Gasteiger partial charge is 0.307 e. The summed E-state index contributed by atoms with van der Waals surface area (Å²) < 4.78 is 9.86. The van der Waals surface area contributed by atoms with Crippen molar-refractivity contribution in [1.82, 2.24) is 10.1 Å². The summed E-state index contributed by atoms with van der Waals surface area (Å²) in [6.45, 7) is 1.51. The standard InChI is InChI=1S/C12H11N3O3S/c1-8(7-13)17-11(16)5-4-10-14-12(15-18-10)9-3-2-6-19-9/h2-3,6,8H,4-5H2,1H3/t8-/m1/s1. The van der Waals surface area contributed by atoms with Crippen molar-refractivity contribution < 1.29 is 14.1 Å². The van der Waals surface area contributed by atoms with Crippen LogP contribution in [0.4, 0.5) is 0 Å². The van der Waals surface area contributed by atoms with Crippen LogP contribution in [0.2, 0.25) is 0 Å². The van der Waals surface area contributed by atoms with Crippen LogP contribution in [-0.2, 0) is 16.0 Å². The van der Waals surface area contributed by atoms with Crippen molar-refractivity contribution in [3.05, 3.63) is 23.4 Å². The number of nitrogens with zero attached hydrogens (tertiary/aromatic N) is 3. The topological polar surface area (TPSA) is 89.0 Å². The molecule has 0 saturated carbocycles. The molecule has 0 aliphatic rings. The number of nitriles is 1. The van der Waals surface area contributed by atoms with Gasteiger partial charge < -0.3 is 9.26 Å². The first-order chi connectivity index (χ1) is 9.19. The lowest BCUT2D eigenvalue weighted by molar-refractivity contribution is -0.145. The molecule has 0 amide bonds. The molecule has 2 aromatic rings. The summed E-state index contributed by atoms with van der Waals surface area (Å²) in [7, 11) is 0. The fourth-order valence-electron chi connectivity index (χ4n) is 1.35. The molecule has 0 aromatic carbocycles. The maximum Gasteiger partial charge on any atom is 0.307 e. The minimum absolute atomic E-state index is 0.109. The molecule has 0 radical (unpaired) electrons. The predicted octanol–water partition coefficient (Wildman–Crippen LogP) is 2.19. The summed E-state index contributed by atoms with van der Waals surface area (Å²) in [5.41, 5.74) is 0. The molecule has 2 rings (SSSR count). The van der Waals surface area contributed by atoms with Crippen LogP contribution in [0.3, 0.4) is 0 Å². The van der Waals surface area contributed by atoms with Gasteiger partial charge in [0.25, 0.3) is 0 Å². The Bertz CT molecular complexity index is 586. The van der Waals surface area contributed by atoms with Crippen LogP contribution in [0, 0.1) is 11.3 Å². The van der Waals surface area contributed by atoms with Gasteiger partial charge in [0.2, 0.25) is 11.7 Å². The highest BCUT2D eigenvalue weighted by atomic mass is 32.1. The Balaban J connectivity index is 1.88. The van der Waals surface area contributed by atoms with Crippen LogP contribution in [0.25, 0.3) is 10.7 Å². The summed E-state index contributed by atoms with van der Waals surface area (Å²) in [4.78, 5) is 16.5. The van der Waals surface area contributed by atoms with E-state index in [0.29, 0.717) is 18.1 Å².